The van der Waals surface area contributed by atoms with Gasteiger partial charge in [0.2, 0.25) is 0 Å². The molecule has 0 saturated carbocycles. The van der Waals surface area contributed by atoms with Crippen LogP contribution in [-0.4, -0.2) is 35.1 Å². The molecule has 1 aliphatic rings. The van der Waals surface area contributed by atoms with Crippen molar-refractivity contribution in [2.45, 2.75) is 32.8 Å². The number of carbonyl (C=O) groups is 1. The quantitative estimate of drug-likeness (QED) is 0.883. The minimum atomic E-state index is -0.244. The Kier molecular flexibility index (Phi) is 5.05. The second-order valence-electron chi connectivity index (χ2n) is 6.08. The van der Waals surface area contributed by atoms with Gasteiger partial charge in [0.05, 0.1) is 6.10 Å². The smallest absolute Gasteiger partial charge is 0.274 e. The van der Waals surface area contributed by atoms with Crippen LogP contribution in [0.15, 0.2) is 30.6 Å². The number of benzene rings is 1. The highest BCUT2D eigenvalue weighted by Crippen LogP contribution is 2.18. The van der Waals surface area contributed by atoms with Crippen molar-refractivity contribution < 1.29 is 9.53 Å². The highest BCUT2D eigenvalue weighted by atomic mass is 16.5. The molecule has 6 heteroatoms. The van der Waals surface area contributed by atoms with Crippen LogP contribution in [0.4, 0.5) is 11.5 Å². The molecule has 1 atom stereocenters. The number of carbonyl (C=O) groups excluding carboxylic acids is 1. The van der Waals surface area contributed by atoms with Gasteiger partial charge in [-0.15, -0.1) is 0 Å². The van der Waals surface area contributed by atoms with Crippen molar-refractivity contribution in [2.75, 3.05) is 23.8 Å². The van der Waals surface area contributed by atoms with Gasteiger partial charge in [-0.1, -0.05) is 12.1 Å². The Morgan fingerprint density at radius 2 is 2.17 bits per heavy atom. The maximum Gasteiger partial charge on any atom is 0.274 e. The molecule has 126 valence electrons. The van der Waals surface area contributed by atoms with E-state index in [1.54, 1.807) is 6.07 Å². The molecule has 0 aliphatic carbocycles. The SMILES string of the molecule is Cc1ccc(C)c(NC(=O)c2cc(NCC3CCCO3)ncn2)c1. The molecule has 1 amide bonds. The third kappa shape index (κ3) is 4.08. The lowest BCUT2D eigenvalue weighted by Gasteiger charge is -2.12. The zero-order valence-electron chi connectivity index (χ0n) is 14.0. The van der Waals surface area contributed by atoms with Crippen LogP contribution in [0.3, 0.4) is 0 Å². The van der Waals surface area contributed by atoms with E-state index in [4.69, 9.17) is 4.74 Å². The van der Waals surface area contributed by atoms with Crippen LogP contribution in [-0.2, 0) is 4.74 Å². The Morgan fingerprint density at radius 3 is 2.96 bits per heavy atom. The fourth-order valence-corrected chi connectivity index (χ4v) is 2.66. The summed E-state index contributed by atoms with van der Waals surface area (Å²) in [7, 11) is 0. The lowest BCUT2D eigenvalue weighted by Crippen LogP contribution is -2.20. The summed E-state index contributed by atoms with van der Waals surface area (Å²) in [4.78, 5) is 20.7. The minimum Gasteiger partial charge on any atom is -0.376 e. The Labute approximate surface area is 141 Å². The number of aryl methyl sites for hydroxylation is 2. The molecule has 0 bridgehead atoms. The van der Waals surface area contributed by atoms with E-state index in [1.807, 2.05) is 32.0 Å². The van der Waals surface area contributed by atoms with Crippen LogP contribution in [0.2, 0.25) is 0 Å². The molecule has 1 saturated heterocycles. The van der Waals surface area contributed by atoms with Crippen molar-refractivity contribution >= 4 is 17.4 Å². The summed E-state index contributed by atoms with van der Waals surface area (Å²) in [6.45, 7) is 5.46. The fraction of sp³-hybridized carbons (Fsp3) is 0.389. The van der Waals surface area contributed by atoms with Gasteiger partial charge in [0.25, 0.3) is 5.91 Å². The third-order valence-electron chi connectivity index (χ3n) is 4.08. The van der Waals surface area contributed by atoms with Crippen LogP contribution in [0.25, 0.3) is 0 Å². The highest BCUT2D eigenvalue weighted by Gasteiger charge is 2.16. The Morgan fingerprint density at radius 1 is 1.29 bits per heavy atom. The molecule has 1 fully saturated rings. The summed E-state index contributed by atoms with van der Waals surface area (Å²) in [5.74, 6) is 0.387. The Hall–Kier alpha value is -2.47. The molecule has 1 aromatic carbocycles. The van der Waals surface area contributed by atoms with Gasteiger partial charge in [-0.05, 0) is 43.9 Å². The predicted molar refractivity (Wildman–Crippen MR) is 93.4 cm³/mol. The molecule has 1 aromatic heterocycles. The van der Waals surface area contributed by atoms with Gasteiger partial charge in [0.1, 0.15) is 17.8 Å². The van der Waals surface area contributed by atoms with Gasteiger partial charge in [0.15, 0.2) is 0 Å². The van der Waals surface area contributed by atoms with E-state index < -0.39 is 0 Å². The van der Waals surface area contributed by atoms with Gasteiger partial charge in [-0.2, -0.15) is 0 Å². The van der Waals surface area contributed by atoms with Gasteiger partial charge in [-0.25, -0.2) is 9.97 Å². The number of rotatable bonds is 5. The first kappa shape index (κ1) is 16.4. The molecular weight excluding hydrogens is 304 g/mol. The molecule has 6 nitrogen and oxygen atoms in total. The maximum atomic E-state index is 12.4. The Bertz CT molecular complexity index is 727. The van der Waals surface area contributed by atoms with E-state index in [0.29, 0.717) is 18.1 Å². The van der Waals surface area contributed by atoms with Crippen molar-refractivity contribution in [1.82, 2.24) is 9.97 Å². The normalized spacial score (nSPS) is 16.8. The van der Waals surface area contributed by atoms with E-state index in [9.17, 15) is 4.79 Å². The van der Waals surface area contributed by atoms with Crippen molar-refractivity contribution in [1.29, 1.82) is 0 Å². The Balaban J connectivity index is 1.66. The number of nitrogens with one attached hydrogen (secondary N) is 2. The summed E-state index contributed by atoms with van der Waals surface area (Å²) < 4.78 is 5.57. The standard InChI is InChI=1S/C18H22N4O2/c1-12-5-6-13(2)15(8-12)22-18(23)16-9-17(21-11-20-16)19-10-14-4-3-7-24-14/h5-6,8-9,11,14H,3-4,7,10H2,1-2H3,(H,22,23)(H,19,20,21). The summed E-state index contributed by atoms with van der Waals surface area (Å²) in [5.41, 5.74) is 3.24. The number of anilines is 2. The van der Waals surface area contributed by atoms with E-state index in [2.05, 4.69) is 20.6 Å². The van der Waals surface area contributed by atoms with E-state index >= 15 is 0 Å². The van der Waals surface area contributed by atoms with Gasteiger partial charge in [0, 0.05) is 24.9 Å². The van der Waals surface area contributed by atoms with Crippen LogP contribution in [0, 0.1) is 13.8 Å². The topological polar surface area (TPSA) is 76.1 Å². The molecule has 24 heavy (non-hydrogen) atoms. The summed E-state index contributed by atoms with van der Waals surface area (Å²) in [6.07, 6.45) is 3.76. The van der Waals surface area contributed by atoms with E-state index in [0.717, 1.165) is 36.3 Å². The molecule has 3 rings (SSSR count). The highest BCUT2D eigenvalue weighted by molar-refractivity contribution is 6.03. The number of ether oxygens (including phenoxy) is 1. The first-order valence-corrected chi connectivity index (χ1v) is 8.18. The molecular formula is C18H22N4O2. The zero-order valence-corrected chi connectivity index (χ0v) is 14.0. The molecule has 1 unspecified atom stereocenters. The molecule has 2 heterocycles. The van der Waals surface area contributed by atoms with Crippen LogP contribution in [0.5, 0.6) is 0 Å². The average molecular weight is 326 g/mol. The third-order valence-corrected chi connectivity index (χ3v) is 4.08. The first-order chi connectivity index (χ1) is 11.6. The lowest BCUT2D eigenvalue weighted by atomic mass is 10.1. The molecule has 2 N–H and O–H groups in total. The second-order valence-corrected chi connectivity index (χ2v) is 6.08. The van der Waals surface area contributed by atoms with Crippen molar-refractivity contribution in [3.05, 3.63) is 47.4 Å². The van der Waals surface area contributed by atoms with Crippen LogP contribution in [0.1, 0.15) is 34.5 Å². The monoisotopic (exact) mass is 326 g/mol. The largest absolute Gasteiger partial charge is 0.376 e. The minimum absolute atomic E-state index is 0.215. The van der Waals surface area contributed by atoms with Crippen molar-refractivity contribution in [2.24, 2.45) is 0 Å². The molecule has 0 radical (unpaired) electrons. The fourth-order valence-electron chi connectivity index (χ4n) is 2.66. The first-order valence-electron chi connectivity index (χ1n) is 8.18. The van der Waals surface area contributed by atoms with Gasteiger partial charge in [-0.3, -0.25) is 4.79 Å². The average Bonchev–Trinajstić information content (AvgIpc) is 3.10. The number of hydrogen-bond donors (Lipinski definition) is 2. The maximum absolute atomic E-state index is 12.4. The van der Waals surface area contributed by atoms with Crippen molar-refractivity contribution in [3.8, 4) is 0 Å². The van der Waals surface area contributed by atoms with E-state index in [-0.39, 0.29) is 12.0 Å². The number of hydrogen-bond acceptors (Lipinski definition) is 5. The van der Waals surface area contributed by atoms with Crippen LogP contribution >= 0.6 is 0 Å². The molecule has 2 aromatic rings. The summed E-state index contributed by atoms with van der Waals surface area (Å²) >= 11 is 0. The van der Waals surface area contributed by atoms with Gasteiger partial charge < -0.3 is 15.4 Å². The molecule has 1 aliphatic heterocycles. The molecule has 0 spiro atoms. The zero-order chi connectivity index (χ0) is 16.9. The number of amides is 1. The number of nitrogens with zero attached hydrogens (tertiary/aromatic N) is 2. The van der Waals surface area contributed by atoms with Crippen LogP contribution < -0.4 is 10.6 Å². The van der Waals surface area contributed by atoms with E-state index in [1.165, 1.54) is 6.33 Å². The predicted octanol–water partition coefficient (Wildman–Crippen LogP) is 2.94. The summed E-state index contributed by atoms with van der Waals surface area (Å²) in [5, 5.41) is 6.12. The summed E-state index contributed by atoms with van der Waals surface area (Å²) in [6, 6.07) is 7.61. The second kappa shape index (κ2) is 7.40. The van der Waals surface area contributed by atoms with Gasteiger partial charge >= 0.3 is 0 Å². The number of aromatic nitrogens is 2. The lowest BCUT2D eigenvalue weighted by molar-refractivity contribution is 0.102. The van der Waals surface area contributed by atoms with Crippen molar-refractivity contribution in [3.63, 3.8) is 0 Å².